The van der Waals surface area contributed by atoms with Crippen molar-refractivity contribution in [2.24, 2.45) is 0 Å². The second-order valence-electron chi connectivity index (χ2n) is 4.90. The van der Waals surface area contributed by atoms with Gasteiger partial charge in [0.2, 0.25) is 0 Å². The number of hydrogen-bond acceptors (Lipinski definition) is 4. The molecule has 0 radical (unpaired) electrons. The Morgan fingerprint density at radius 2 is 2.18 bits per heavy atom. The Hall–Kier alpha value is -0.630. The van der Waals surface area contributed by atoms with Crippen molar-refractivity contribution in [2.75, 3.05) is 33.9 Å². The molecule has 0 fully saturated rings. The molecule has 2 atom stereocenters. The van der Waals surface area contributed by atoms with Crippen LogP contribution in [0.4, 0.5) is 0 Å². The second-order valence-corrected chi connectivity index (χ2v) is 4.90. The molecule has 1 N–H and O–H groups in total. The van der Waals surface area contributed by atoms with Gasteiger partial charge >= 0.3 is 0 Å². The summed E-state index contributed by atoms with van der Waals surface area (Å²) in [5.74, 6) is 0. The van der Waals surface area contributed by atoms with Crippen LogP contribution in [0.1, 0.15) is 33.6 Å². The molecule has 0 aliphatic rings. The van der Waals surface area contributed by atoms with E-state index in [1.54, 1.807) is 7.11 Å². The largest absolute Gasteiger partial charge is 0.383 e. The third-order valence-electron chi connectivity index (χ3n) is 3.12. The third kappa shape index (κ3) is 6.62. The molecule has 0 aromatic carbocycles. The average Bonchev–Trinajstić information content (AvgIpc) is 2.33. The number of methoxy groups -OCH3 is 1. The van der Waals surface area contributed by atoms with Crippen LogP contribution in [0.25, 0.3) is 0 Å². The van der Waals surface area contributed by atoms with Gasteiger partial charge in [0.1, 0.15) is 5.54 Å². The van der Waals surface area contributed by atoms with Gasteiger partial charge in [-0.05, 0) is 40.3 Å². The van der Waals surface area contributed by atoms with Crippen molar-refractivity contribution < 1.29 is 4.74 Å². The van der Waals surface area contributed by atoms with Gasteiger partial charge in [0.15, 0.2) is 0 Å². The van der Waals surface area contributed by atoms with Gasteiger partial charge in [0.05, 0.1) is 12.7 Å². The molecule has 0 heterocycles. The zero-order chi connectivity index (χ0) is 13.3. The van der Waals surface area contributed by atoms with E-state index in [1.165, 1.54) is 0 Å². The highest BCUT2D eigenvalue weighted by atomic mass is 16.5. The SMILES string of the molecule is CCCNC(C)(C#N)CC(C)N(C)CCOC. The number of ether oxygens (including phenoxy) is 1. The van der Waals surface area contributed by atoms with Crippen LogP contribution < -0.4 is 5.32 Å². The topological polar surface area (TPSA) is 48.3 Å². The zero-order valence-electron chi connectivity index (χ0n) is 11.9. The Morgan fingerprint density at radius 1 is 1.53 bits per heavy atom. The lowest BCUT2D eigenvalue weighted by atomic mass is 9.94. The number of nitrogens with one attached hydrogen (secondary N) is 1. The lowest BCUT2D eigenvalue weighted by Gasteiger charge is -2.31. The summed E-state index contributed by atoms with van der Waals surface area (Å²) < 4.78 is 5.06. The highest BCUT2D eigenvalue weighted by Gasteiger charge is 2.26. The van der Waals surface area contributed by atoms with E-state index in [1.807, 2.05) is 6.92 Å². The average molecular weight is 241 g/mol. The van der Waals surface area contributed by atoms with Crippen molar-refractivity contribution in [3.05, 3.63) is 0 Å². The molecule has 0 aliphatic heterocycles. The Bertz CT molecular complexity index is 239. The van der Waals surface area contributed by atoms with Crippen LogP contribution in [0.15, 0.2) is 0 Å². The molecule has 0 saturated carbocycles. The Kier molecular flexibility index (Phi) is 8.15. The molecule has 0 amide bonds. The standard InChI is InChI=1S/C13H27N3O/c1-6-7-15-13(3,11-14)10-12(2)16(4)8-9-17-5/h12,15H,6-10H2,1-5H3. The number of hydrogen-bond donors (Lipinski definition) is 1. The van der Waals surface area contributed by atoms with Crippen LogP contribution in [0, 0.1) is 11.3 Å². The van der Waals surface area contributed by atoms with Gasteiger partial charge in [-0.3, -0.25) is 5.32 Å². The quantitative estimate of drug-likeness (QED) is 0.666. The van der Waals surface area contributed by atoms with Crippen LogP contribution in [0.5, 0.6) is 0 Å². The first-order valence-corrected chi connectivity index (χ1v) is 6.34. The molecule has 100 valence electrons. The van der Waals surface area contributed by atoms with Crippen molar-refractivity contribution in [3.63, 3.8) is 0 Å². The lowest BCUT2D eigenvalue weighted by Crippen LogP contribution is -2.47. The minimum absolute atomic E-state index is 0.360. The van der Waals surface area contributed by atoms with Gasteiger partial charge < -0.3 is 9.64 Å². The fraction of sp³-hybridized carbons (Fsp3) is 0.923. The maximum Gasteiger partial charge on any atom is 0.105 e. The first-order valence-electron chi connectivity index (χ1n) is 6.34. The molecule has 4 nitrogen and oxygen atoms in total. The molecule has 0 bridgehead atoms. The van der Waals surface area contributed by atoms with Crippen molar-refractivity contribution in [1.82, 2.24) is 10.2 Å². The Morgan fingerprint density at radius 3 is 2.65 bits per heavy atom. The maximum absolute atomic E-state index is 9.26. The Balaban J connectivity index is 4.21. The molecule has 17 heavy (non-hydrogen) atoms. The summed E-state index contributed by atoms with van der Waals surface area (Å²) in [4.78, 5) is 2.23. The van der Waals surface area contributed by atoms with E-state index in [0.717, 1.165) is 32.5 Å². The fourth-order valence-corrected chi connectivity index (χ4v) is 1.76. The van der Waals surface area contributed by atoms with Gasteiger partial charge in [0, 0.05) is 19.7 Å². The first kappa shape index (κ1) is 16.4. The number of rotatable bonds is 9. The molecular weight excluding hydrogens is 214 g/mol. The lowest BCUT2D eigenvalue weighted by molar-refractivity contribution is 0.133. The predicted molar refractivity (Wildman–Crippen MR) is 70.9 cm³/mol. The number of nitriles is 1. The normalized spacial score (nSPS) is 16.5. The maximum atomic E-state index is 9.26. The summed E-state index contributed by atoms with van der Waals surface area (Å²) in [6.07, 6.45) is 1.87. The van der Waals surface area contributed by atoms with Gasteiger partial charge in [0.25, 0.3) is 0 Å². The predicted octanol–water partition coefficient (Wildman–Crippen LogP) is 1.63. The summed E-state index contributed by atoms with van der Waals surface area (Å²) in [6.45, 7) is 8.75. The van der Waals surface area contributed by atoms with E-state index < -0.39 is 5.54 Å². The number of nitrogens with zero attached hydrogens (tertiary/aromatic N) is 2. The van der Waals surface area contributed by atoms with Crippen LogP contribution in [0.2, 0.25) is 0 Å². The molecular formula is C13H27N3O. The third-order valence-corrected chi connectivity index (χ3v) is 3.12. The highest BCUT2D eigenvalue weighted by molar-refractivity contribution is 5.05. The minimum Gasteiger partial charge on any atom is -0.383 e. The minimum atomic E-state index is -0.434. The van der Waals surface area contributed by atoms with E-state index in [4.69, 9.17) is 4.74 Å². The van der Waals surface area contributed by atoms with Crippen molar-refractivity contribution in [1.29, 1.82) is 5.26 Å². The van der Waals surface area contributed by atoms with Gasteiger partial charge in [-0.1, -0.05) is 6.92 Å². The summed E-state index contributed by atoms with van der Waals surface area (Å²) in [5, 5.41) is 12.6. The number of likely N-dealkylation sites (N-methyl/N-ethyl adjacent to an activating group) is 1. The monoisotopic (exact) mass is 241 g/mol. The smallest absolute Gasteiger partial charge is 0.105 e. The van der Waals surface area contributed by atoms with E-state index in [0.29, 0.717) is 6.04 Å². The first-order chi connectivity index (χ1) is 7.99. The zero-order valence-corrected chi connectivity index (χ0v) is 11.9. The molecule has 0 rings (SSSR count). The second kappa shape index (κ2) is 8.46. The molecule has 0 aromatic rings. The van der Waals surface area contributed by atoms with Crippen LogP contribution in [-0.4, -0.2) is 50.3 Å². The summed E-state index contributed by atoms with van der Waals surface area (Å²) >= 11 is 0. The van der Waals surface area contributed by atoms with Crippen molar-refractivity contribution >= 4 is 0 Å². The van der Waals surface area contributed by atoms with Crippen LogP contribution in [-0.2, 0) is 4.74 Å². The molecule has 0 aromatic heterocycles. The molecule has 0 saturated heterocycles. The van der Waals surface area contributed by atoms with E-state index in [-0.39, 0.29) is 0 Å². The summed E-state index contributed by atoms with van der Waals surface area (Å²) in [5.41, 5.74) is -0.434. The van der Waals surface area contributed by atoms with E-state index in [9.17, 15) is 5.26 Å². The highest BCUT2D eigenvalue weighted by Crippen LogP contribution is 2.14. The molecule has 4 heteroatoms. The van der Waals surface area contributed by atoms with Crippen LogP contribution >= 0.6 is 0 Å². The van der Waals surface area contributed by atoms with Gasteiger partial charge in [-0.15, -0.1) is 0 Å². The molecule has 2 unspecified atom stereocenters. The van der Waals surface area contributed by atoms with Crippen molar-refractivity contribution in [2.45, 2.75) is 45.2 Å². The van der Waals surface area contributed by atoms with Crippen molar-refractivity contribution in [3.8, 4) is 6.07 Å². The van der Waals surface area contributed by atoms with E-state index in [2.05, 4.69) is 37.2 Å². The molecule has 0 spiro atoms. The molecule has 0 aliphatic carbocycles. The fourth-order valence-electron chi connectivity index (χ4n) is 1.76. The van der Waals surface area contributed by atoms with E-state index >= 15 is 0 Å². The summed E-state index contributed by atoms with van der Waals surface area (Å²) in [7, 11) is 3.78. The van der Waals surface area contributed by atoms with Gasteiger partial charge in [-0.2, -0.15) is 5.26 Å². The van der Waals surface area contributed by atoms with Gasteiger partial charge in [-0.25, -0.2) is 0 Å². The Labute approximate surface area is 106 Å². The summed E-state index contributed by atoms with van der Waals surface area (Å²) in [6, 6.07) is 2.75. The van der Waals surface area contributed by atoms with Crippen LogP contribution in [0.3, 0.4) is 0 Å².